The lowest BCUT2D eigenvalue weighted by molar-refractivity contribution is 0.180. The predicted molar refractivity (Wildman–Crippen MR) is 143 cm³/mol. The van der Waals surface area contributed by atoms with Crippen molar-refractivity contribution in [2.75, 3.05) is 31.3 Å². The van der Waals surface area contributed by atoms with Crippen LogP contribution >= 0.6 is 15.9 Å². The summed E-state index contributed by atoms with van der Waals surface area (Å²) < 4.78 is 39.4. The van der Waals surface area contributed by atoms with Crippen molar-refractivity contribution < 1.29 is 17.9 Å². The van der Waals surface area contributed by atoms with Crippen LogP contribution in [0.2, 0.25) is 0 Å². The van der Waals surface area contributed by atoms with E-state index >= 15 is 0 Å². The summed E-state index contributed by atoms with van der Waals surface area (Å²) in [6.45, 7) is 3.07. The first-order valence-electron chi connectivity index (χ1n) is 11.5. The summed E-state index contributed by atoms with van der Waals surface area (Å²) in [7, 11) is -0.722. The predicted octanol–water partition coefficient (Wildman–Crippen LogP) is 4.16. The molecule has 36 heavy (non-hydrogen) atoms. The van der Waals surface area contributed by atoms with Gasteiger partial charge in [-0.3, -0.25) is 0 Å². The van der Waals surface area contributed by atoms with Crippen LogP contribution in [0.25, 0.3) is 0 Å². The lowest BCUT2D eigenvalue weighted by Gasteiger charge is -2.22. The molecule has 10 nitrogen and oxygen atoms in total. The number of hydrogen-bond acceptors (Lipinski definition) is 9. The lowest BCUT2D eigenvalue weighted by atomic mass is 10.1. The molecule has 0 bridgehead atoms. The molecule has 1 aliphatic heterocycles. The third-order valence-corrected chi connectivity index (χ3v) is 7.90. The Balaban J connectivity index is 1.58. The number of para-hydroxylation sites is 1. The van der Waals surface area contributed by atoms with E-state index in [2.05, 4.69) is 53.5 Å². The van der Waals surface area contributed by atoms with Gasteiger partial charge in [0.25, 0.3) is 0 Å². The first-order chi connectivity index (χ1) is 17.3. The second-order valence-electron chi connectivity index (χ2n) is 8.23. The van der Waals surface area contributed by atoms with Gasteiger partial charge < -0.3 is 25.4 Å². The van der Waals surface area contributed by atoms with Crippen LogP contribution in [-0.4, -0.2) is 51.2 Å². The maximum absolute atomic E-state index is 12.4. The Bertz CT molecular complexity index is 1320. The van der Waals surface area contributed by atoms with Crippen molar-refractivity contribution in [1.29, 1.82) is 0 Å². The summed E-state index contributed by atoms with van der Waals surface area (Å²) in [5.74, 6) is 1.97. The van der Waals surface area contributed by atoms with Crippen molar-refractivity contribution in [1.82, 2.24) is 20.0 Å². The fourth-order valence-electron chi connectivity index (χ4n) is 3.94. The van der Waals surface area contributed by atoms with Gasteiger partial charge in [0.1, 0.15) is 28.3 Å². The number of aromatic nitrogens is 2. The average molecular weight is 578 g/mol. The Morgan fingerprint density at radius 1 is 1.17 bits per heavy atom. The molecule has 0 spiro atoms. The molecule has 3 aromatic rings. The number of anilines is 4. The number of halogens is 1. The molecule has 4 rings (SSSR count). The number of methoxy groups -OCH3 is 1. The molecule has 4 N–H and O–H groups in total. The fraction of sp³-hybridized carbons (Fsp3) is 0.333. The average Bonchev–Trinajstić information content (AvgIpc) is 3.42. The highest BCUT2D eigenvalue weighted by atomic mass is 79.9. The van der Waals surface area contributed by atoms with Crippen molar-refractivity contribution in [3.63, 3.8) is 0 Å². The van der Waals surface area contributed by atoms with Crippen molar-refractivity contribution in [3.8, 4) is 11.5 Å². The second kappa shape index (κ2) is 11.4. The smallest absolute Gasteiger partial charge is 0.242 e. The van der Waals surface area contributed by atoms with Crippen molar-refractivity contribution in [3.05, 3.63) is 53.1 Å². The molecule has 0 radical (unpaired) electrons. The summed E-state index contributed by atoms with van der Waals surface area (Å²) in [6.07, 6.45) is 3.83. The zero-order valence-electron chi connectivity index (χ0n) is 20.2. The molecule has 12 heteroatoms. The highest BCUT2D eigenvalue weighted by Gasteiger charge is 2.23. The minimum Gasteiger partial charge on any atom is -0.495 e. The summed E-state index contributed by atoms with van der Waals surface area (Å²) in [5.41, 5.74) is 1.01. The third-order valence-electron chi connectivity index (χ3n) is 5.85. The van der Waals surface area contributed by atoms with Crippen LogP contribution in [0, 0.1) is 0 Å². The Labute approximate surface area is 219 Å². The van der Waals surface area contributed by atoms with E-state index in [0.717, 1.165) is 19.4 Å². The molecule has 1 aliphatic rings. The summed E-state index contributed by atoms with van der Waals surface area (Å²) in [6, 6.07) is 12.4. The Hall–Kier alpha value is -2.93. The van der Waals surface area contributed by atoms with Crippen LogP contribution in [0.4, 0.5) is 23.1 Å². The van der Waals surface area contributed by atoms with Crippen molar-refractivity contribution in [2.24, 2.45) is 0 Å². The first kappa shape index (κ1) is 26.1. The molecule has 2 aromatic carbocycles. The van der Waals surface area contributed by atoms with E-state index in [0.29, 0.717) is 39.2 Å². The molecule has 1 aromatic heterocycles. The zero-order chi connectivity index (χ0) is 25.7. The number of rotatable bonds is 10. The van der Waals surface area contributed by atoms with Gasteiger partial charge in [0, 0.05) is 18.3 Å². The van der Waals surface area contributed by atoms with Gasteiger partial charge in [-0.25, -0.2) is 18.1 Å². The number of nitrogens with zero attached hydrogens (tertiary/aromatic N) is 2. The van der Waals surface area contributed by atoms with Gasteiger partial charge in [-0.2, -0.15) is 4.98 Å². The summed E-state index contributed by atoms with van der Waals surface area (Å²) >= 11 is 3.43. The number of benzene rings is 2. The van der Waals surface area contributed by atoms with E-state index in [4.69, 9.17) is 9.47 Å². The highest BCUT2D eigenvalue weighted by Crippen LogP contribution is 2.33. The Kier molecular flexibility index (Phi) is 8.29. The third kappa shape index (κ3) is 6.06. The molecule has 192 valence electrons. The van der Waals surface area contributed by atoms with Crippen molar-refractivity contribution in [2.45, 2.75) is 36.8 Å². The topological polar surface area (TPSA) is 127 Å². The quantitative estimate of drug-likeness (QED) is 0.281. The van der Waals surface area contributed by atoms with Crippen molar-refractivity contribution >= 4 is 49.1 Å². The van der Waals surface area contributed by atoms with E-state index in [1.165, 1.54) is 13.1 Å². The molecule has 0 aliphatic carbocycles. The van der Waals surface area contributed by atoms with Gasteiger partial charge in [-0.15, -0.1) is 0 Å². The van der Waals surface area contributed by atoms with E-state index in [1.807, 2.05) is 18.2 Å². The maximum Gasteiger partial charge on any atom is 0.242 e. The standard InChI is InChI=1S/C24H29BrN6O4S/c1-15(18-8-6-12-27-18)35-16-10-11-21(34-3)20(13-16)30-24-28-14-17(25)23(31-24)29-19-7-4-5-9-22(19)36(32,33)26-2/h4-5,7,9-11,13-15,18,26-27H,6,8,12H2,1-3H3,(H2,28,29,30,31)/t15-,18?/m0/s1. The van der Waals surface area contributed by atoms with E-state index in [-0.39, 0.29) is 16.9 Å². The normalized spacial score (nSPS) is 16.4. The van der Waals surface area contributed by atoms with Gasteiger partial charge in [0.05, 0.1) is 23.0 Å². The molecular formula is C24H29BrN6O4S. The van der Waals surface area contributed by atoms with Gasteiger partial charge in [-0.1, -0.05) is 12.1 Å². The maximum atomic E-state index is 12.4. The number of sulfonamides is 1. The zero-order valence-corrected chi connectivity index (χ0v) is 22.6. The van der Waals surface area contributed by atoms with Gasteiger partial charge in [0.15, 0.2) is 0 Å². The van der Waals surface area contributed by atoms with Crippen LogP contribution in [0.15, 0.2) is 58.0 Å². The van der Waals surface area contributed by atoms with E-state index in [1.54, 1.807) is 31.5 Å². The SMILES string of the molecule is CNS(=O)(=O)c1ccccc1Nc1nc(Nc2cc(O[C@@H](C)C3CCCN3)ccc2OC)ncc1Br. The second-order valence-corrected chi connectivity index (χ2v) is 10.9. The number of nitrogens with one attached hydrogen (secondary N) is 4. The van der Waals surface area contributed by atoms with Crippen LogP contribution in [0.1, 0.15) is 19.8 Å². The monoisotopic (exact) mass is 576 g/mol. The molecule has 1 fully saturated rings. The Morgan fingerprint density at radius 3 is 2.69 bits per heavy atom. The molecular weight excluding hydrogens is 548 g/mol. The van der Waals surface area contributed by atoms with Gasteiger partial charge >= 0.3 is 0 Å². The number of ether oxygens (including phenoxy) is 2. The molecule has 2 heterocycles. The van der Waals surface area contributed by atoms with Crippen LogP contribution < -0.4 is 30.1 Å². The van der Waals surface area contributed by atoms with E-state index in [9.17, 15) is 8.42 Å². The minimum atomic E-state index is -3.67. The number of hydrogen-bond donors (Lipinski definition) is 4. The minimum absolute atomic E-state index is 0.0161. The molecule has 2 atom stereocenters. The summed E-state index contributed by atoms with van der Waals surface area (Å²) in [4.78, 5) is 8.99. The molecule has 1 saturated heterocycles. The van der Waals surface area contributed by atoms with Crippen LogP contribution in [0.3, 0.4) is 0 Å². The van der Waals surface area contributed by atoms with E-state index < -0.39 is 10.0 Å². The Morgan fingerprint density at radius 2 is 1.97 bits per heavy atom. The highest BCUT2D eigenvalue weighted by molar-refractivity contribution is 9.10. The fourth-order valence-corrected chi connectivity index (χ4v) is 5.12. The van der Waals surface area contributed by atoms with Crippen LogP contribution in [0.5, 0.6) is 11.5 Å². The largest absolute Gasteiger partial charge is 0.495 e. The van der Waals surface area contributed by atoms with Gasteiger partial charge in [0.2, 0.25) is 16.0 Å². The van der Waals surface area contributed by atoms with Gasteiger partial charge in [-0.05, 0) is 73.6 Å². The lowest BCUT2D eigenvalue weighted by Crippen LogP contribution is -2.36. The molecule has 1 unspecified atom stereocenters. The first-order valence-corrected chi connectivity index (χ1v) is 13.8. The molecule has 0 saturated carbocycles. The summed E-state index contributed by atoms with van der Waals surface area (Å²) in [5, 5.41) is 9.73. The molecule has 0 amide bonds. The van der Waals surface area contributed by atoms with Crippen LogP contribution in [-0.2, 0) is 10.0 Å².